The summed E-state index contributed by atoms with van der Waals surface area (Å²) in [6, 6.07) is 5.92. The number of nitrogens with one attached hydrogen (secondary N) is 1. The first-order valence-electron chi connectivity index (χ1n) is 6.63. The van der Waals surface area contributed by atoms with Crippen molar-refractivity contribution >= 4 is 28.9 Å². The quantitative estimate of drug-likeness (QED) is 0.861. The van der Waals surface area contributed by atoms with Crippen LogP contribution in [0.4, 0.5) is 5.69 Å². The smallest absolute Gasteiger partial charge is 0.0828 e. The topological polar surface area (TPSA) is 29.9 Å². The van der Waals surface area contributed by atoms with Crippen LogP contribution in [-0.4, -0.2) is 9.78 Å². The first-order chi connectivity index (χ1) is 9.38. The molecule has 2 aromatic rings. The number of hydrogen-bond acceptors (Lipinski definition) is 2. The molecule has 0 saturated carbocycles. The number of hydrogen-bond donors (Lipinski definition) is 1. The van der Waals surface area contributed by atoms with Gasteiger partial charge < -0.3 is 5.32 Å². The zero-order valence-corrected chi connectivity index (χ0v) is 13.7. The Morgan fingerprint density at radius 2 is 1.75 bits per heavy atom. The molecule has 5 heteroatoms. The third kappa shape index (κ3) is 3.28. The van der Waals surface area contributed by atoms with Gasteiger partial charge in [0.2, 0.25) is 0 Å². The van der Waals surface area contributed by atoms with Gasteiger partial charge in [0.05, 0.1) is 17.1 Å². The van der Waals surface area contributed by atoms with Gasteiger partial charge in [0.1, 0.15) is 0 Å². The summed E-state index contributed by atoms with van der Waals surface area (Å²) in [6.45, 7) is 9.01. The zero-order chi connectivity index (χ0) is 14.9. The molecule has 1 aromatic carbocycles. The average molecular weight is 312 g/mol. The van der Waals surface area contributed by atoms with Gasteiger partial charge in [-0.15, -0.1) is 0 Å². The van der Waals surface area contributed by atoms with Gasteiger partial charge in [-0.1, -0.05) is 23.2 Å². The highest BCUT2D eigenvalue weighted by molar-refractivity contribution is 6.34. The van der Waals surface area contributed by atoms with Crippen LogP contribution < -0.4 is 5.32 Å². The van der Waals surface area contributed by atoms with Crippen LogP contribution in [0.3, 0.4) is 0 Å². The molecular weight excluding hydrogens is 293 g/mol. The van der Waals surface area contributed by atoms with Gasteiger partial charge in [0.15, 0.2) is 0 Å². The Bertz CT molecular complexity index is 598. The lowest BCUT2D eigenvalue weighted by molar-refractivity contribution is 0.516. The molecule has 0 saturated heterocycles. The van der Waals surface area contributed by atoms with Crippen molar-refractivity contribution in [3.63, 3.8) is 0 Å². The maximum absolute atomic E-state index is 6.01. The second kappa shape index (κ2) is 6.06. The van der Waals surface area contributed by atoms with Gasteiger partial charge in [0.25, 0.3) is 0 Å². The van der Waals surface area contributed by atoms with Crippen LogP contribution in [0.25, 0.3) is 0 Å². The highest BCUT2D eigenvalue weighted by Gasteiger charge is 2.13. The minimum absolute atomic E-state index is 0.352. The third-order valence-electron chi connectivity index (χ3n) is 3.21. The Morgan fingerprint density at radius 1 is 1.15 bits per heavy atom. The highest BCUT2D eigenvalue weighted by Crippen LogP contribution is 2.24. The van der Waals surface area contributed by atoms with Crippen LogP contribution in [0.5, 0.6) is 0 Å². The Balaban J connectivity index is 2.19. The van der Waals surface area contributed by atoms with E-state index >= 15 is 0 Å². The standard InChI is InChI=1S/C15H19Cl2N3/c1-9(2)20-11(4)15(10(3)19-20)18-8-12-5-13(16)7-14(17)6-12/h5-7,9,18H,8H2,1-4H3. The molecule has 108 valence electrons. The van der Waals surface area contributed by atoms with Gasteiger partial charge in [0, 0.05) is 22.6 Å². The van der Waals surface area contributed by atoms with E-state index in [1.807, 2.05) is 23.7 Å². The maximum atomic E-state index is 6.01. The predicted octanol–water partition coefficient (Wildman–Crippen LogP) is 5.00. The molecule has 0 aliphatic carbocycles. The third-order valence-corrected chi connectivity index (χ3v) is 3.64. The largest absolute Gasteiger partial charge is 0.378 e. The van der Waals surface area contributed by atoms with Crippen molar-refractivity contribution < 1.29 is 0 Å². The average Bonchev–Trinajstić information content (AvgIpc) is 2.61. The van der Waals surface area contributed by atoms with Gasteiger partial charge in [-0.25, -0.2) is 0 Å². The lowest BCUT2D eigenvalue weighted by Gasteiger charge is -2.10. The monoisotopic (exact) mass is 311 g/mol. The van der Waals surface area contributed by atoms with Crippen LogP contribution in [0.1, 0.15) is 36.8 Å². The van der Waals surface area contributed by atoms with Crippen molar-refractivity contribution in [1.82, 2.24) is 9.78 Å². The molecule has 0 aliphatic heterocycles. The second-order valence-corrected chi connectivity index (χ2v) is 6.09. The molecule has 0 spiro atoms. The van der Waals surface area contributed by atoms with E-state index in [4.69, 9.17) is 23.2 Å². The lowest BCUT2D eigenvalue weighted by Crippen LogP contribution is -2.06. The van der Waals surface area contributed by atoms with Gasteiger partial charge in [-0.3, -0.25) is 4.68 Å². The molecule has 0 aliphatic rings. The van der Waals surface area contributed by atoms with Crippen LogP contribution in [0, 0.1) is 13.8 Å². The lowest BCUT2D eigenvalue weighted by atomic mass is 10.2. The van der Waals surface area contributed by atoms with Crippen molar-refractivity contribution in [3.05, 3.63) is 45.2 Å². The van der Waals surface area contributed by atoms with Crippen molar-refractivity contribution in [2.24, 2.45) is 0 Å². The van der Waals surface area contributed by atoms with E-state index in [9.17, 15) is 0 Å². The summed E-state index contributed by atoms with van der Waals surface area (Å²) in [7, 11) is 0. The maximum Gasteiger partial charge on any atom is 0.0828 e. The number of rotatable bonds is 4. The van der Waals surface area contributed by atoms with Crippen LogP contribution in [0.15, 0.2) is 18.2 Å². The van der Waals surface area contributed by atoms with E-state index in [1.165, 1.54) is 0 Å². The van der Waals surface area contributed by atoms with E-state index in [-0.39, 0.29) is 0 Å². The van der Waals surface area contributed by atoms with E-state index in [0.29, 0.717) is 22.6 Å². The number of halogens is 2. The van der Waals surface area contributed by atoms with Gasteiger partial charge in [-0.05, 0) is 51.5 Å². The fraction of sp³-hybridized carbons (Fsp3) is 0.400. The molecule has 20 heavy (non-hydrogen) atoms. The molecule has 0 radical (unpaired) electrons. The summed E-state index contributed by atoms with van der Waals surface area (Å²) < 4.78 is 2.03. The summed E-state index contributed by atoms with van der Waals surface area (Å²) in [6.07, 6.45) is 0. The number of anilines is 1. The molecule has 2 rings (SSSR count). The minimum atomic E-state index is 0.352. The number of aryl methyl sites for hydroxylation is 1. The first kappa shape index (κ1) is 15.2. The minimum Gasteiger partial charge on any atom is -0.378 e. The molecular formula is C15H19Cl2N3. The normalized spacial score (nSPS) is 11.2. The fourth-order valence-electron chi connectivity index (χ4n) is 2.33. The van der Waals surface area contributed by atoms with E-state index in [0.717, 1.165) is 22.6 Å². The molecule has 0 fully saturated rings. The Kier molecular flexibility index (Phi) is 4.61. The summed E-state index contributed by atoms with van der Waals surface area (Å²) in [5.74, 6) is 0. The summed E-state index contributed by atoms with van der Waals surface area (Å²) >= 11 is 12.0. The zero-order valence-electron chi connectivity index (χ0n) is 12.2. The van der Waals surface area contributed by atoms with Gasteiger partial charge >= 0.3 is 0 Å². The molecule has 1 N–H and O–H groups in total. The fourth-order valence-corrected chi connectivity index (χ4v) is 2.90. The van der Waals surface area contributed by atoms with Crippen molar-refractivity contribution in [2.75, 3.05) is 5.32 Å². The van der Waals surface area contributed by atoms with Crippen LogP contribution in [-0.2, 0) is 6.54 Å². The van der Waals surface area contributed by atoms with Crippen molar-refractivity contribution in [2.45, 2.75) is 40.3 Å². The SMILES string of the molecule is Cc1nn(C(C)C)c(C)c1NCc1cc(Cl)cc(Cl)c1. The molecule has 3 nitrogen and oxygen atoms in total. The molecule has 1 heterocycles. The first-order valence-corrected chi connectivity index (χ1v) is 7.38. The molecule has 0 bridgehead atoms. The predicted molar refractivity (Wildman–Crippen MR) is 85.9 cm³/mol. The summed E-state index contributed by atoms with van der Waals surface area (Å²) in [5.41, 5.74) is 4.28. The molecule has 0 amide bonds. The van der Waals surface area contributed by atoms with Crippen molar-refractivity contribution in [1.29, 1.82) is 0 Å². The van der Waals surface area contributed by atoms with E-state index < -0.39 is 0 Å². The Hall–Kier alpha value is -1.19. The number of benzene rings is 1. The highest BCUT2D eigenvalue weighted by atomic mass is 35.5. The molecule has 0 unspecified atom stereocenters. The van der Waals surface area contributed by atoms with Gasteiger partial charge in [-0.2, -0.15) is 5.10 Å². The van der Waals surface area contributed by atoms with Crippen LogP contribution >= 0.6 is 23.2 Å². The summed E-state index contributed by atoms with van der Waals surface area (Å²) in [4.78, 5) is 0. The Morgan fingerprint density at radius 3 is 2.25 bits per heavy atom. The number of aromatic nitrogens is 2. The molecule has 0 atom stereocenters. The van der Waals surface area contributed by atoms with Crippen molar-refractivity contribution in [3.8, 4) is 0 Å². The van der Waals surface area contributed by atoms with Crippen LogP contribution in [0.2, 0.25) is 10.0 Å². The Labute approximate surface area is 129 Å². The number of nitrogens with zero attached hydrogens (tertiary/aromatic N) is 2. The molecule has 1 aromatic heterocycles. The van der Waals surface area contributed by atoms with E-state index in [1.54, 1.807) is 6.07 Å². The summed E-state index contributed by atoms with van der Waals surface area (Å²) in [5, 5.41) is 9.29. The second-order valence-electron chi connectivity index (χ2n) is 5.22. The van der Waals surface area contributed by atoms with E-state index in [2.05, 4.69) is 31.2 Å².